The topological polar surface area (TPSA) is 17.1 Å². The van der Waals surface area contributed by atoms with Crippen LogP contribution in [0.1, 0.15) is 20.3 Å². The van der Waals surface area contributed by atoms with E-state index in [4.69, 9.17) is 0 Å². The van der Waals surface area contributed by atoms with Crippen LogP contribution in [0.2, 0.25) is 0 Å². The molecule has 0 rings (SSSR count). The molecule has 1 unspecified atom stereocenters. The third-order valence-electron chi connectivity index (χ3n) is 1.38. The Bertz CT molecular complexity index is 131. The standard InChI is InChI=1S/C6H9Br3O/c1-3-6(2,9)4(10)5(7)8/h5H,3H2,1-2H3. The summed E-state index contributed by atoms with van der Waals surface area (Å²) in [4.78, 5) is 11.3. The highest BCUT2D eigenvalue weighted by Crippen LogP contribution is 2.28. The van der Waals surface area contributed by atoms with Crippen molar-refractivity contribution in [2.24, 2.45) is 0 Å². The Morgan fingerprint density at radius 1 is 1.60 bits per heavy atom. The summed E-state index contributed by atoms with van der Waals surface area (Å²) in [5.74, 6) is 0.120. The number of halogens is 3. The van der Waals surface area contributed by atoms with Gasteiger partial charge in [-0.3, -0.25) is 4.79 Å². The van der Waals surface area contributed by atoms with Crippen LogP contribution in [0.15, 0.2) is 0 Å². The van der Waals surface area contributed by atoms with E-state index in [2.05, 4.69) is 47.8 Å². The number of alkyl halides is 3. The maximum absolute atomic E-state index is 11.3. The maximum Gasteiger partial charge on any atom is 0.173 e. The van der Waals surface area contributed by atoms with E-state index < -0.39 is 4.32 Å². The Balaban J connectivity index is 4.19. The van der Waals surface area contributed by atoms with Crippen LogP contribution in [0, 0.1) is 0 Å². The van der Waals surface area contributed by atoms with Crippen LogP contribution < -0.4 is 0 Å². The van der Waals surface area contributed by atoms with Gasteiger partial charge in [0, 0.05) is 0 Å². The van der Waals surface area contributed by atoms with Crippen molar-refractivity contribution in [1.82, 2.24) is 0 Å². The highest BCUT2D eigenvalue weighted by atomic mass is 79.9. The summed E-state index contributed by atoms with van der Waals surface area (Å²) in [6.45, 7) is 3.83. The summed E-state index contributed by atoms with van der Waals surface area (Å²) in [7, 11) is 0. The zero-order valence-electron chi connectivity index (χ0n) is 5.83. The Kier molecular flexibility index (Phi) is 4.68. The van der Waals surface area contributed by atoms with Crippen LogP contribution in [0.25, 0.3) is 0 Å². The van der Waals surface area contributed by atoms with Gasteiger partial charge in [0.1, 0.15) is 3.74 Å². The minimum atomic E-state index is -0.398. The van der Waals surface area contributed by atoms with E-state index in [1.165, 1.54) is 0 Å². The molecule has 0 saturated carbocycles. The molecule has 0 spiro atoms. The molecule has 0 fully saturated rings. The van der Waals surface area contributed by atoms with Crippen molar-refractivity contribution >= 4 is 53.6 Å². The summed E-state index contributed by atoms with van der Waals surface area (Å²) in [5.41, 5.74) is 0. The first-order chi connectivity index (χ1) is 4.41. The molecule has 0 aromatic carbocycles. The minimum absolute atomic E-state index is 0.120. The van der Waals surface area contributed by atoms with Gasteiger partial charge < -0.3 is 0 Å². The fourth-order valence-corrected chi connectivity index (χ4v) is 2.26. The highest BCUT2D eigenvalue weighted by molar-refractivity contribution is 9.25. The first-order valence-electron chi connectivity index (χ1n) is 2.93. The van der Waals surface area contributed by atoms with E-state index >= 15 is 0 Å². The molecule has 0 saturated heterocycles. The average Bonchev–Trinajstić information content (AvgIpc) is 1.86. The van der Waals surface area contributed by atoms with E-state index in [1.54, 1.807) is 0 Å². The quantitative estimate of drug-likeness (QED) is 0.723. The van der Waals surface area contributed by atoms with Gasteiger partial charge >= 0.3 is 0 Å². The molecular weight excluding hydrogens is 328 g/mol. The van der Waals surface area contributed by atoms with Crippen LogP contribution >= 0.6 is 47.8 Å². The van der Waals surface area contributed by atoms with Crippen LogP contribution in [-0.2, 0) is 4.79 Å². The molecule has 4 heteroatoms. The predicted molar refractivity (Wildman–Crippen MR) is 54.3 cm³/mol. The second-order valence-electron chi connectivity index (χ2n) is 2.22. The first-order valence-corrected chi connectivity index (χ1v) is 5.55. The Labute approximate surface area is 86.3 Å². The van der Waals surface area contributed by atoms with Gasteiger partial charge in [0.25, 0.3) is 0 Å². The molecule has 10 heavy (non-hydrogen) atoms. The maximum atomic E-state index is 11.3. The number of carbonyl (C=O) groups excluding carboxylic acids is 1. The van der Waals surface area contributed by atoms with E-state index in [1.807, 2.05) is 13.8 Å². The first kappa shape index (κ1) is 11.1. The number of rotatable bonds is 3. The molecule has 0 aliphatic heterocycles. The molecule has 1 atom stereocenters. The lowest BCUT2D eigenvalue weighted by molar-refractivity contribution is -0.118. The van der Waals surface area contributed by atoms with Gasteiger partial charge in [-0.1, -0.05) is 54.7 Å². The third-order valence-corrected chi connectivity index (χ3v) is 3.16. The summed E-state index contributed by atoms with van der Waals surface area (Å²) < 4.78 is -0.644. The molecular formula is C6H9Br3O. The molecule has 0 heterocycles. The van der Waals surface area contributed by atoms with Crippen LogP contribution in [0.4, 0.5) is 0 Å². The Morgan fingerprint density at radius 2 is 2.00 bits per heavy atom. The van der Waals surface area contributed by atoms with Gasteiger partial charge in [-0.2, -0.15) is 0 Å². The van der Waals surface area contributed by atoms with Gasteiger partial charge in [0.15, 0.2) is 5.78 Å². The summed E-state index contributed by atoms with van der Waals surface area (Å²) in [6.07, 6.45) is 0.791. The fourth-order valence-electron chi connectivity index (χ4n) is 0.402. The summed E-state index contributed by atoms with van der Waals surface area (Å²) in [6, 6.07) is 0. The smallest absolute Gasteiger partial charge is 0.173 e. The van der Waals surface area contributed by atoms with Crippen molar-refractivity contribution < 1.29 is 4.79 Å². The molecule has 1 nitrogen and oxygen atoms in total. The molecule has 0 N–H and O–H groups in total. The van der Waals surface area contributed by atoms with Crippen molar-refractivity contribution in [3.8, 4) is 0 Å². The van der Waals surface area contributed by atoms with Crippen LogP contribution in [0.5, 0.6) is 0 Å². The number of hydrogen-bond acceptors (Lipinski definition) is 1. The van der Waals surface area contributed by atoms with E-state index in [0.29, 0.717) is 0 Å². The van der Waals surface area contributed by atoms with Gasteiger partial charge in [0.2, 0.25) is 0 Å². The normalized spacial score (nSPS) is 17.0. The van der Waals surface area contributed by atoms with E-state index in [0.717, 1.165) is 6.42 Å². The summed E-state index contributed by atoms with van der Waals surface area (Å²) >= 11 is 9.64. The lowest BCUT2D eigenvalue weighted by Gasteiger charge is -2.18. The zero-order valence-corrected chi connectivity index (χ0v) is 10.6. The predicted octanol–water partition coefficient (Wildman–Crippen LogP) is 3.24. The molecule has 0 aliphatic rings. The van der Waals surface area contributed by atoms with Gasteiger partial charge in [-0.15, -0.1) is 0 Å². The second kappa shape index (κ2) is 4.21. The van der Waals surface area contributed by atoms with Crippen molar-refractivity contribution in [2.45, 2.75) is 28.3 Å². The average molecular weight is 337 g/mol. The van der Waals surface area contributed by atoms with Gasteiger partial charge in [-0.25, -0.2) is 0 Å². The molecule has 0 amide bonds. The monoisotopic (exact) mass is 334 g/mol. The molecule has 0 aliphatic carbocycles. The van der Waals surface area contributed by atoms with E-state index in [9.17, 15) is 4.79 Å². The lowest BCUT2D eigenvalue weighted by atomic mass is 10.1. The van der Waals surface area contributed by atoms with Crippen LogP contribution in [0.3, 0.4) is 0 Å². The molecule has 0 aromatic rings. The number of hydrogen-bond donors (Lipinski definition) is 0. The fraction of sp³-hybridized carbons (Fsp3) is 0.833. The Morgan fingerprint density at radius 3 is 2.10 bits per heavy atom. The summed E-state index contributed by atoms with van der Waals surface area (Å²) in [5, 5.41) is 0. The van der Waals surface area contributed by atoms with Crippen molar-refractivity contribution in [2.75, 3.05) is 0 Å². The number of ketones is 1. The molecule has 60 valence electrons. The molecule has 0 radical (unpaired) electrons. The second-order valence-corrected chi connectivity index (χ2v) is 7.03. The van der Waals surface area contributed by atoms with Crippen molar-refractivity contribution in [3.05, 3.63) is 0 Å². The van der Waals surface area contributed by atoms with Gasteiger partial charge in [-0.05, 0) is 13.3 Å². The van der Waals surface area contributed by atoms with Crippen molar-refractivity contribution in [3.63, 3.8) is 0 Å². The number of Topliss-reactive ketones (excluding diaryl/α,β-unsaturated/α-hetero) is 1. The lowest BCUT2D eigenvalue weighted by Crippen LogP contribution is -2.31. The Hall–Kier alpha value is 1.11. The zero-order chi connectivity index (χ0) is 8.36. The minimum Gasteiger partial charge on any atom is -0.296 e. The molecule has 0 bridgehead atoms. The third kappa shape index (κ3) is 3.01. The molecule has 0 aromatic heterocycles. The van der Waals surface area contributed by atoms with Gasteiger partial charge in [0.05, 0.1) is 4.32 Å². The van der Waals surface area contributed by atoms with E-state index in [-0.39, 0.29) is 9.52 Å². The van der Waals surface area contributed by atoms with Crippen LogP contribution in [-0.4, -0.2) is 13.8 Å². The number of carbonyl (C=O) groups is 1. The highest BCUT2D eigenvalue weighted by Gasteiger charge is 2.30. The SMILES string of the molecule is CCC(C)(Br)C(=O)C(Br)Br. The van der Waals surface area contributed by atoms with Crippen molar-refractivity contribution in [1.29, 1.82) is 0 Å². The largest absolute Gasteiger partial charge is 0.296 e.